The molecule has 6 heteroatoms. The molecule has 0 fully saturated rings. The van der Waals surface area contributed by atoms with Crippen molar-refractivity contribution < 1.29 is 9.90 Å². The molecule has 3 aromatic rings. The van der Waals surface area contributed by atoms with Crippen molar-refractivity contribution in [2.24, 2.45) is 4.99 Å². The fraction of sp³-hybridized carbons (Fsp3) is 0.190. The van der Waals surface area contributed by atoms with Gasteiger partial charge in [-0.3, -0.25) is 9.79 Å². The van der Waals surface area contributed by atoms with E-state index in [-0.39, 0.29) is 18.1 Å². The Morgan fingerprint density at radius 3 is 2.67 bits per heavy atom. The molecule has 0 bridgehead atoms. The number of rotatable bonds is 5. The minimum Gasteiger partial charge on any atom is -0.508 e. The van der Waals surface area contributed by atoms with Crippen LogP contribution in [0, 0.1) is 20.8 Å². The molecule has 0 unspecified atom stereocenters. The average Bonchev–Trinajstić information content (AvgIpc) is 2.99. The van der Waals surface area contributed by atoms with Gasteiger partial charge in [0.15, 0.2) is 5.78 Å². The smallest absolute Gasteiger partial charge is 0.196 e. The van der Waals surface area contributed by atoms with Gasteiger partial charge in [-0.15, -0.1) is 11.3 Å². The largest absolute Gasteiger partial charge is 0.508 e. The summed E-state index contributed by atoms with van der Waals surface area (Å²) < 4.78 is 0. The lowest BCUT2D eigenvalue weighted by molar-refractivity contribution is 0.100. The zero-order valence-corrected chi connectivity index (χ0v) is 16.9. The number of phenolic OH excluding ortho intramolecular Hbond substituents is 1. The minimum absolute atomic E-state index is 0.0575. The molecule has 4 nitrogen and oxygen atoms in total. The van der Waals surface area contributed by atoms with Crippen molar-refractivity contribution in [3.63, 3.8) is 0 Å². The van der Waals surface area contributed by atoms with Gasteiger partial charge in [0, 0.05) is 16.8 Å². The maximum atomic E-state index is 12.6. The maximum absolute atomic E-state index is 12.6. The molecule has 0 spiro atoms. The zero-order valence-electron chi connectivity index (χ0n) is 15.3. The van der Waals surface area contributed by atoms with E-state index in [9.17, 15) is 9.90 Å². The summed E-state index contributed by atoms with van der Waals surface area (Å²) in [5, 5.41) is 11.0. The number of hydrogen-bond donors (Lipinski definition) is 1. The van der Waals surface area contributed by atoms with E-state index in [4.69, 9.17) is 11.6 Å². The SMILES string of the molecule is Cc1cc(C=NCC(=O)c2sc(-c3ccc(Cl)cc3C)nc2C)ccc1O. The second kappa shape index (κ2) is 8.03. The first-order valence-corrected chi connectivity index (χ1v) is 9.61. The van der Waals surface area contributed by atoms with E-state index < -0.39 is 0 Å². The molecule has 27 heavy (non-hydrogen) atoms. The van der Waals surface area contributed by atoms with Crippen LogP contribution >= 0.6 is 22.9 Å². The number of ketones is 1. The van der Waals surface area contributed by atoms with Gasteiger partial charge < -0.3 is 5.11 Å². The van der Waals surface area contributed by atoms with E-state index in [1.54, 1.807) is 18.3 Å². The van der Waals surface area contributed by atoms with Crippen LogP contribution < -0.4 is 0 Å². The Balaban J connectivity index is 1.76. The number of nitrogens with zero attached hydrogens (tertiary/aromatic N) is 2. The molecule has 0 amide bonds. The van der Waals surface area contributed by atoms with Crippen LogP contribution in [0.15, 0.2) is 41.4 Å². The normalized spacial score (nSPS) is 11.3. The Bertz CT molecular complexity index is 1040. The van der Waals surface area contributed by atoms with E-state index >= 15 is 0 Å². The molecule has 0 saturated carbocycles. The van der Waals surface area contributed by atoms with Crippen LogP contribution in [-0.4, -0.2) is 28.6 Å². The van der Waals surface area contributed by atoms with Gasteiger partial charge in [0.25, 0.3) is 0 Å². The zero-order chi connectivity index (χ0) is 19.6. The highest BCUT2D eigenvalue weighted by Crippen LogP contribution is 2.31. The van der Waals surface area contributed by atoms with Gasteiger partial charge in [0.05, 0.1) is 10.6 Å². The standard InChI is InChI=1S/C21H19ClN2O2S/c1-12-9-16(22)5-6-17(12)21-24-14(3)20(27-21)19(26)11-23-10-15-4-7-18(25)13(2)8-15/h4-10,25H,11H2,1-3H3. The van der Waals surface area contributed by atoms with Crippen LogP contribution in [0.1, 0.15) is 32.1 Å². The van der Waals surface area contributed by atoms with Crippen LogP contribution in [-0.2, 0) is 0 Å². The lowest BCUT2D eigenvalue weighted by Gasteiger charge is -2.02. The van der Waals surface area contributed by atoms with Crippen molar-refractivity contribution in [2.45, 2.75) is 20.8 Å². The molecule has 1 N–H and O–H groups in total. The summed E-state index contributed by atoms with van der Waals surface area (Å²) in [5.74, 6) is 0.183. The van der Waals surface area contributed by atoms with E-state index in [0.717, 1.165) is 27.3 Å². The summed E-state index contributed by atoms with van der Waals surface area (Å²) in [5.41, 5.74) is 4.33. The van der Waals surface area contributed by atoms with E-state index in [1.807, 2.05) is 45.0 Å². The first-order chi connectivity index (χ1) is 12.8. The Morgan fingerprint density at radius 2 is 1.96 bits per heavy atom. The molecule has 0 saturated heterocycles. The molecule has 2 aromatic carbocycles. The van der Waals surface area contributed by atoms with Crippen molar-refractivity contribution in [2.75, 3.05) is 6.54 Å². The molecular weight excluding hydrogens is 380 g/mol. The van der Waals surface area contributed by atoms with Gasteiger partial charge in [-0.25, -0.2) is 4.98 Å². The van der Waals surface area contributed by atoms with Gasteiger partial charge in [-0.2, -0.15) is 0 Å². The van der Waals surface area contributed by atoms with E-state index in [2.05, 4.69) is 9.98 Å². The van der Waals surface area contributed by atoms with Crippen LogP contribution in [0.25, 0.3) is 10.6 Å². The molecule has 1 aromatic heterocycles. The summed E-state index contributed by atoms with van der Waals surface area (Å²) in [6.07, 6.45) is 1.64. The molecular formula is C21H19ClN2O2S. The topological polar surface area (TPSA) is 62.5 Å². The Hall–Kier alpha value is -2.50. The van der Waals surface area contributed by atoms with Crippen molar-refractivity contribution in [3.8, 4) is 16.3 Å². The number of phenols is 1. The Kier molecular flexibility index (Phi) is 5.73. The number of aromatic nitrogens is 1. The Morgan fingerprint density at radius 1 is 1.19 bits per heavy atom. The number of hydrogen-bond acceptors (Lipinski definition) is 5. The molecule has 0 radical (unpaired) electrons. The quantitative estimate of drug-likeness (QED) is 0.462. The highest BCUT2D eigenvalue weighted by atomic mass is 35.5. The van der Waals surface area contributed by atoms with Gasteiger partial charge in [0.2, 0.25) is 0 Å². The highest BCUT2D eigenvalue weighted by molar-refractivity contribution is 7.17. The molecule has 3 rings (SSSR count). The van der Waals surface area contributed by atoms with Gasteiger partial charge in [-0.05, 0) is 67.8 Å². The minimum atomic E-state index is -0.0605. The fourth-order valence-corrected chi connectivity index (χ4v) is 4.02. The third-order valence-electron chi connectivity index (χ3n) is 4.16. The predicted octanol–water partition coefficient (Wildman–Crippen LogP) is 5.40. The molecule has 0 aliphatic carbocycles. The number of thiazole rings is 1. The summed E-state index contributed by atoms with van der Waals surface area (Å²) in [6.45, 7) is 5.69. The van der Waals surface area contributed by atoms with Crippen molar-refractivity contribution in [1.29, 1.82) is 0 Å². The third kappa shape index (κ3) is 4.43. The predicted molar refractivity (Wildman–Crippen MR) is 112 cm³/mol. The van der Waals surface area contributed by atoms with E-state index in [1.165, 1.54) is 11.3 Å². The summed E-state index contributed by atoms with van der Waals surface area (Å²) >= 11 is 7.40. The number of benzene rings is 2. The monoisotopic (exact) mass is 398 g/mol. The number of aryl methyl sites for hydroxylation is 3. The van der Waals surface area contributed by atoms with Crippen LogP contribution in [0.2, 0.25) is 5.02 Å². The summed E-state index contributed by atoms with van der Waals surface area (Å²) in [7, 11) is 0. The average molecular weight is 399 g/mol. The van der Waals surface area contributed by atoms with Crippen LogP contribution in [0.3, 0.4) is 0 Å². The number of aromatic hydroxyl groups is 1. The van der Waals surface area contributed by atoms with Gasteiger partial charge in [-0.1, -0.05) is 17.7 Å². The maximum Gasteiger partial charge on any atom is 0.196 e. The lowest BCUT2D eigenvalue weighted by atomic mass is 10.1. The number of halogens is 1. The van der Waals surface area contributed by atoms with Crippen molar-refractivity contribution in [3.05, 3.63) is 68.7 Å². The van der Waals surface area contributed by atoms with Crippen LogP contribution in [0.4, 0.5) is 0 Å². The highest BCUT2D eigenvalue weighted by Gasteiger charge is 2.16. The van der Waals surface area contributed by atoms with Gasteiger partial charge in [0.1, 0.15) is 17.3 Å². The molecule has 138 valence electrons. The van der Waals surface area contributed by atoms with Crippen molar-refractivity contribution in [1.82, 2.24) is 4.98 Å². The second-order valence-electron chi connectivity index (χ2n) is 6.33. The van der Waals surface area contributed by atoms with E-state index in [0.29, 0.717) is 15.6 Å². The molecule has 0 aliphatic heterocycles. The second-order valence-corrected chi connectivity index (χ2v) is 7.77. The first-order valence-electron chi connectivity index (χ1n) is 8.41. The number of Topliss-reactive ketones (excluding diaryl/α,β-unsaturated/α-hetero) is 1. The molecule has 0 aliphatic rings. The van der Waals surface area contributed by atoms with Crippen molar-refractivity contribution >= 4 is 34.9 Å². The lowest BCUT2D eigenvalue weighted by Crippen LogP contribution is -2.03. The Labute approximate surface area is 167 Å². The molecule has 1 heterocycles. The fourth-order valence-electron chi connectivity index (χ4n) is 2.70. The van der Waals surface area contributed by atoms with Gasteiger partial charge >= 0.3 is 0 Å². The third-order valence-corrected chi connectivity index (χ3v) is 5.63. The number of aliphatic imine (C=N–C) groups is 1. The summed E-state index contributed by atoms with van der Waals surface area (Å²) in [6, 6.07) is 10.8. The first kappa shape index (κ1) is 19.3. The summed E-state index contributed by atoms with van der Waals surface area (Å²) in [4.78, 5) is 22.0. The number of carbonyl (C=O) groups excluding carboxylic acids is 1. The number of carbonyl (C=O) groups is 1. The van der Waals surface area contributed by atoms with Crippen LogP contribution in [0.5, 0.6) is 5.75 Å². The molecule has 0 atom stereocenters.